The topological polar surface area (TPSA) is 28.7 Å². The minimum Gasteiger partial charge on any atom is -0.345 e. The summed E-state index contributed by atoms with van der Waals surface area (Å²) in [4.78, 5) is 6.74. The van der Waals surface area contributed by atoms with Gasteiger partial charge in [0.1, 0.15) is 0 Å². The van der Waals surface area contributed by atoms with Gasteiger partial charge in [-0.1, -0.05) is 0 Å². The van der Waals surface area contributed by atoms with Crippen molar-refractivity contribution in [1.82, 2.24) is 9.97 Å². The Balaban J connectivity index is 2.96. The van der Waals surface area contributed by atoms with Gasteiger partial charge in [-0.3, -0.25) is 0 Å². The van der Waals surface area contributed by atoms with Crippen molar-refractivity contribution in [2.75, 3.05) is 0 Å². The third kappa shape index (κ3) is 0.937. The average molecular weight is 114 g/mol. The maximum Gasteiger partial charge on any atom is 0.0924 e. The number of nitrogens with zero attached hydrogens (tertiary/aromatic N) is 1. The van der Waals surface area contributed by atoms with Gasteiger partial charge in [-0.25, -0.2) is 4.98 Å². The molecule has 1 aromatic heterocycles. The predicted octanol–water partition coefficient (Wildman–Crippen LogP) is 0.167. The second kappa shape index (κ2) is 1.99. The summed E-state index contributed by atoms with van der Waals surface area (Å²) in [5, 5.41) is 0. The fraction of sp³-hybridized carbons (Fsp3) is 0. The van der Waals surface area contributed by atoms with E-state index >= 15 is 0 Å². The van der Waals surface area contributed by atoms with E-state index in [0.717, 1.165) is 5.69 Å². The number of aromatic amines is 1. The third-order valence-corrected chi connectivity index (χ3v) is 1.18. The molecule has 1 heterocycles. The van der Waals surface area contributed by atoms with Gasteiger partial charge in [0.15, 0.2) is 0 Å². The standard InChI is InChI=1S/C4H7N2P/c7-2-4-1-5-3-6-4/h1-3H,7H3,(H,5,6). The van der Waals surface area contributed by atoms with Crippen LogP contribution in [0.3, 0.4) is 0 Å². The van der Waals surface area contributed by atoms with Gasteiger partial charge < -0.3 is 4.98 Å². The summed E-state index contributed by atoms with van der Waals surface area (Å²) in [6.07, 6.45) is 3.45. The van der Waals surface area contributed by atoms with Crippen molar-refractivity contribution < 1.29 is 0 Å². The van der Waals surface area contributed by atoms with Crippen molar-refractivity contribution >= 4 is 14.7 Å². The summed E-state index contributed by atoms with van der Waals surface area (Å²) < 4.78 is 0. The minimum absolute atomic E-state index is 1.08. The lowest BCUT2D eigenvalue weighted by Gasteiger charge is -1.72. The van der Waals surface area contributed by atoms with E-state index in [1.165, 1.54) is 0 Å². The number of imidazole rings is 1. The molecule has 0 radical (unpaired) electrons. The lowest BCUT2D eigenvalue weighted by atomic mass is 10.6. The molecule has 0 aliphatic carbocycles. The molecule has 0 aromatic carbocycles. The van der Waals surface area contributed by atoms with E-state index in [1.54, 1.807) is 21.4 Å². The molecule has 2 nitrogen and oxygen atoms in total. The molecule has 1 N–H and O–H groups in total. The molecule has 0 spiro atoms. The smallest absolute Gasteiger partial charge is 0.0924 e. The maximum absolute atomic E-state index is 3.81. The summed E-state index contributed by atoms with van der Waals surface area (Å²) in [5.41, 5.74) is 1.08. The van der Waals surface area contributed by atoms with Gasteiger partial charge in [-0.15, -0.1) is 8.86 Å². The van der Waals surface area contributed by atoms with Crippen molar-refractivity contribution in [3.05, 3.63) is 18.2 Å². The Morgan fingerprint density at radius 1 is 1.86 bits per heavy atom. The number of rotatable bonds is 1. The Hall–Kier alpha value is -0.490. The molecule has 1 atom stereocenters. The Bertz CT molecular complexity index is 145. The highest BCUT2D eigenvalue weighted by atomic mass is 31.0. The first-order valence-corrected chi connectivity index (χ1v) is 2.86. The first-order valence-electron chi connectivity index (χ1n) is 2.04. The second-order valence-corrected chi connectivity index (χ2v) is 1.62. The number of aromatic nitrogens is 2. The van der Waals surface area contributed by atoms with Crippen LogP contribution >= 0.6 is 8.86 Å². The van der Waals surface area contributed by atoms with Crippen LogP contribution in [0.2, 0.25) is 0 Å². The van der Waals surface area contributed by atoms with E-state index in [4.69, 9.17) is 0 Å². The molecular formula is C4H7N2P. The largest absolute Gasteiger partial charge is 0.345 e. The van der Waals surface area contributed by atoms with Crippen LogP contribution in [0.4, 0.5) is 0 Å². The fourth-order valence-electron chi connectivity index (χ4n) is 0.378. The Kier molecular flexibility index (Phi) is 1.32. The number of hydrogen-bond donors (Lipinski definition) is 1. The fourth-order valence-corrected chi connectivity index (χ4v) is 0.602. The zero-order chi connectivity index (χ0) is 5.11. The molecule has 38 valence electrons. The highest BCUT2D eigenvalue weighted by Crippen LogP contribution is 1.83. The van der Waals surface area contributed by atoms with E-state index in [-0.39, 0.29) is 0 Å². The van der Waals surface area contributed by atoms with Gasteiger partial charge in [0.2, 0.25) is 0 Å². The highest BCUT2D eigenvalue weighted by Gasteiger charge is 1.77. The van der Waals surface area contributed by atoms with Crippen molar-refractivity contribution in [3.8, 4) is 0 Å². The van der Waals surface area contributed by atoms with Crippen LogP contribution in [0, 0.1) is 0 Å². The van der Waals surface area contributed by atoms with Crippen LogP contribution in [0.5, 0.6) is 0 Å². The van der Waals surface area contributed by atoms with Crippen LogP contribution in [-0.4, -0.2) is 15.8 Å². The van der Waals surface area contributed by atoms with E-state index in [1.807, 2.05) is 5.80 Å². The quantitative estimate of drug-likeness (QED) is 0.518. The number of hydrogen-bond acceptors (Lipinski definition) is 1. The minimum atomic E-state index is 1.08. The summed E-state index contributed by atoms with van der Waals surface area (Å²) in [6, 6.07) is 0. The summed E-state index contributed by atoms with van der Waals surface area (Å²) in [6.45, 7) is 0. The maximum atomic E-state index is 3.81. The van der Waals surface area contributed by atoms with Gasteiger partial charge >= 0.3 is 0 Å². The number of nitrogens with one attached hydrogen (secondary N) is 1. The zero-order valence-electron chi connectivity index (χ0n) is 3.89. The number of H-pyrrole nitrogens is 1. The molecule has 1 rings (SSSR count). The summed E-state index contributed by atoms with van der Waals surface area (Å²) in [5.74, 6) is 1.99. The van der Waals surface area contributed by atoms with Crippen molar-refractivity contribution in [2.45, 2.75) is 0 Å². The van der Waals surface area contributed by atoms with Crippen LogP contribution in [-0.2, 0) is 0 Å². The molecule has 0 aliphatic rings. The first-order chi connectivity index (χ1) is 3.43. The molecule has 0 saturated heterocycles. The normalized spacial score (nSPS) is 9.14. The molecule has 0 amide bonds. The Labute approximate surface area is 43.8 Å². The SMILES string of the molecule is [PH3]=Cc1cnc[nH]1. The van der Waals surface area contributed by atoms with Crippen molar-refractivity contribution in [3.63, 3.8) is 0 Å². The molecular weight excluding hydrogens is 107 g/mol. The molecule has 0 saturated carbocycles. The molecule has 1 aromatic rings. The first kappa shape index (κ1) is 4.66. The Morgan fingerprint density at radius 2 is 2.71 bits per heavy atom. The van der Waals surface area contributed by atoms with Gasteiger partial charge in [-0.05, 0) is 5.80 Å². The molecule has 0 fully saturated rings. The van der Waals surface area contributed by atoms with Crippen molar-refractivity contribution in [1.29, 1.82) is 0 Å². The Morgan fingerprint density at radius 3 is 3.00 bits per heavy atom. The van der Waals surface area contributed by atoms with E-state index < -0.39 is 0 Å². The average Bonchev–Trinajstić information content (AvgIpc) is 2.14. The lowest BCUT2D eigenvalue weighted by molar-refractivity contribution is 1.31. The molecule has 1 unspecified atom stereocenters. The second-order valence-electron chi connectivity index (χ2n) is 1.21. The zero-order valence-corrected chi connectivity index (χ0v) is 5.30. The van der Waals surface area contributed by atoms with E-state index in [0.29, 0.717) is 0 Å². The van der Waals surface area contributed by atoms with Crippen LogP contribution < -0.4 is 0 Å². The van der Waals surface area contributed by atoms with Gasteiger partial charge in [0.05, 0.1) is 18.2 Å². The van der Waals surface area contributed by atoms with Gasteiger partial charge in [-0.2, -0.15) is 0 Å². The monoisotopic (exact) mass is 114 g/mol. The van der Waals surface area contributed by atoms with Gasteiger partial charge in [0.25, 0.3) is 0 Å². The molecule has 0 aliphatic heterocycles. The molecule has 0 bridgehead atoms. The summed E-state index contributed by atoms with van der Waals surface area (Å²) >= 11 is 0. The highest BCUT2D eigenvalue weighted by molar-refractivity contribution is 7.19. The molecule has 7 heavy (non-hydrogen) atoms. The van der Waals surface area contributed by atoms with Crippen molar-refractivity contribution in [2.24, 2.45) is 0 Å². The van der Waals surface area contributed by atoms with Gasteiger partial charge in [0, 0.05) is 0 Å². The van der Waals surface area contributed by atoms with Crippen LogP contribution in [0.1, 0.15) is 5.69 Å². The van der Waals surface area contributed by atoms with Crippen LogP contribution in [0.25, 0.3) is 0 Å². The van der Waals surface area contributed by atoms with E-state index in [2.05, 4.69) is 9.97 Å². The lowest BCUT2D eigenvalue weighted by Crippen LogP contribution is -1.70. The molecule has 3 heteroatoms. The summed E-state index contributed by atoms with van der Waals surface area (Å²) in [7, 11) is 1.79. The van der Waals surface area contributed by atoms with E-state index in [9.17, 15) is 0 Å². The predicted molar refractivity (Wildman–Crippen MR) is 34.9 cm³/mol. The van der Waals surface area contributed by atoms with Crippen LogP contribution in [0.15, 0.2) is 12.5 Å². The third-order valence-electron chi connectivity index (χ3n) is 0.739.